The van der Waals surface area contributed by atoms with Crippen LogP contribution in [0.25, 0.3) is 10.9 Å². The summed E-state index contributed by atoms with van der Waals surface area (Å²) in [5, 5.41) is 4.47. The number of fused-ring (bicyclic) bond motifs is 1. The summed E-state index contributed by atoms with van der Waals surface area (Å²) in [6, 6.07) is 16.7. The Hall–Kier alpha value is -2.62. The van der Waals surface area contributed by atoms with E-state index in [1.165, 1.54) is 11.3 Å². The van der Waals surface area contributed by atoms with Gasteiger partial charge in [0, 0.05) is 31.7 Å². The topological polar surface area (TPSA) is 41.0 Å². The lowest BCUT2D eigenvalue weighted by Crippen LogP contribution is -2.09. The first-order valence-corrected chi connectivity index (χ1v) is 7.44. The molecule has 1 aromatic heterocycles. The lowest BCUT2D eigenvalue weighted by Gasteiger charge is -2.13. The van der Waals surface area contributed by atoms with Gasteiger partial charge < -0.3 is 10.2 Å². The Morgan fingerprint density at radius 1 is 0.955 bits per heavy atom. The number of rotatable bonds is 5. The first kappa shape index (κ1) is 14.3. The zero-order chi connectivity index (χ0) is 15.4. The van der Waals surface area contributed by atoms with Crippen molar-refractivity contribution < 1.29 is 0 Å². The van der Waals surface area contributed by atoms with Crippen molar-refractivity contribution in [1.82, 2.24) is 9.97 Å². The summed E-state index contributed by atoms with van der Waals surface area (Å²) >= 11 is 0. The molecule has 4 heteroatoms. The van der Waals surface area contributed by atoms with Gasteiger partial charge >= 0.3 is 0 Å². The minimum absolute atomic E-state index is 0.850. The highest BCUT2D eigenvalue weighted by molar-refractivity contribution is 5.88. The number of para-hydroxylation sites is 1. The molecular weight excluding hydrogens is 272 g/mol. The predicted octanol–water partition coefficient (Wildman–Crippen LogP) is 3.35. The zero-order valence-corrected chi connectivity index (χ0v) is 13.0. The van der Waals surface area contributed by atoms with Crippen LogP contribution in [0.15, 0.2) is 54.9 Å². The van der Waals surface area contributed by atoms with Gasteiger partial charge in [0.05, 0.1) is 5.52 Å². The van der Waals surface area contributed by atoms with E-state index < -0.39 is 0 Å². The molecule has 3 aromatic rings. The molecule has 2 aromatic carbocycles. The van der Waals surface area contributed by atoms with Crippen LogP contribution in [0.3, 0.4) is 0 Å². The van der Waals surface area contributed by atoms with Crippen molar-refractivity contribution in [1.29, 1.82) is 0 Å². The van der Waals surface area contributed by atoms with E-state index in [-0.39, 0.29) is 0 Å². The monoisotopic (exact) mass is 292 g/mol. The molecule has 4 nitrogen and oxygen atoms in total. The quantitative estimate of drug-likeness (QED) is 0.783. The van der Waals surface area contributed by atoms with Gasteiger partial charge in [0.2, 0.25) is 0 Å². The Labute approximate surface area is 130 Å². The second kappa shape index (κ2) is 6.43. The average Bonchev–Trinajstić information content (AvgIpc) is 2.55. The highest BCUT2D eigenvalue weighted by atomic mass is 15.1. The maximum atomic E-state index is 4.35. The fourth-order valence-corrected chi connectivity index (χ4v) is 2.43. The maximum Gasteiger partial charge on any atom is 0.137 e. The van der Waals surface area contributed by atoms with Gasteiger partial charge in [-0.2, -0.15) is 0 Å². The number of benzene rings is 2. The molecular formula is C18H20N4. The third-order valence-corrected chi connectivity index (χ3v) is 3.70. The molecule has 0 radical (unpaired) electrons. The largest absolute Gasteiger partial charge is 0.378 e. The molecule has 112 valence electrons. The highest BCUT2D eigenvalue weighted by Crippen LogP contribution is 2.18. The second-order valence-electron chi connectivity index (χ2n) is 5.48. The van der Waals surface area contributed by atoms with Crippen LogP contribution >= 0.6 is 0 Å². The molecule has 1 N–H and O–H groups in total. The van der Waals surface area contributed by atoms with E-state index in [4.69, 9.17) is 0 Å². The van der Waals surface area contributed by atoms with Gasteiger partial charge in [-0.25, -0.2) is 9.97 Å². The number of nitrogens with one attached hydrogen (secondary N) is 1. The Kier molecular flexibility index (Phi) is 4.19. The number of hydrogen-bond donors (Lipinski definition) is 1. The minimum atomic E-state index is 0.850. The molecule has 22 heavy (non-hydrogen) atoms. The first-order chi connectivity index (χ1) is 10.7. The Balaban J connectivity index is 1.65. The fraction of sp³-hybridized carbons (Fsp3) is 0.222. The first-order valence-electron chi connectivity index (χ1n) is 7.44. The molecule has 0 amide bonds. The van der Waals surface area contributed by atoms with Crippen LogP contribution in [0.4, 0.5) is 11.5 Å². The summed E-state index contributed by atoms with van der Waals surface area (Å²) < 4.78 is 0. The molecule has 0 saturated heterocycles. The van der Waals surface area contributed by atoms with Crippen molar-refractivity contribution >= 4 is 22.4 Å². The number of anilines is 2. The van der Waals surface area contributed by atoms with Crippen molar-refractivity contribution in [3.8, 4) is 0 Å². The minimum Gasteiger partial charge on any atom is -0.378 e. The van der Waals surface area contributed by atoms with Crippen LogP contribution in [0.5, 0.6) is 0 Å². The highest BCUT2D eigenvalue weighted by Gasteiger charge is 2.02. The van der Waals surface area contributed by atoms with E-state index in [1.807, 2.05) is 24.3 Å². The van der Waals surface area contributed by atoms with Gasteiger partial charge in [0.1, 0.15) is 12.1 Å². The summed E-state index contributed by atoms with van der Waals surface area (Å²) in [6.07, 6.45) is 2.57. The SMILES string of the molecule is CN(C)c1ccc(CCNc2ncnc3ccccc23)cc1. The van der Waals surface area contributed by atoms with Crippen molar-refractivity contribution in [2.75, 3.05) is 30.9 Å². The van der Waals surface area contributed by atoms with Gasteiger partial charge in [-0.05, 0) is 36.2 Å². The third kappa shape index (κ3) is 3.17. The lowest BCUT2D eigenvalue weighted by molar-refractivity contribution is 1.00. The zero-order valence-electron chi connectivity index (χ0n) is 13.0. The van der Waals surface area contributed by atoms with Crippen molar-refractivity contribution in [3.05, 3.63) is 60.4 Å². The van der Waals surface area contributed by atoms with Crippen LogP contribution in [0.2, 0.25) is 0 Å². The second-order valence-corrected chi connectivity index (χ2v) is 5.48. The molecule has 3 rings (SSSR count). The molecule has 0 bridgehead atoms. The molecule has 0 atom stereocenters. The normalized spacial score (nSPS) is 10.6. The van der Waals surface area contributed by atoms with Crippen molar-refractivity contribution in [2.45, 2.75) is 6.42 Å². The third-order valence-electron chi connectivity index (χ3n) is 3.70. The van der Waals surface area contributed by atoms with Crippen LogP contribution in [0, 0.1) is 0 Å². The van der Waals surface area contributed by atoms with Crippen LogP contribution < -0.4 is 10.2 Å². The van der Waals surface area contributed by atoms with Crippen LogP contribution in [0.1, 0.15) is 5.56 Å². The molecule has 0 unspecified atom stereocenters. The molecule has 0 aliphatic heterocycles. The van der Waals surface area contributed by atoms with Gasteiger partial charge in [-0.15, -0.1) is 0 Å². The molecule has 0 aliphatic rings. The van der Waals surface area contributed by atoms with Crippen LogP contribution in [-0.4, -0.2) is 30.6 Å². The van der Waals surface area contributed by atoms with Crippen molar-refractivity contribution in [3.63, 3.8) is 0 Å². The number of hydrogen-bond acceptors (Lipinski definition) is 4. The van der Waals surface area contributed by atoms with Gasteiger partial charge in [-0.1, -0.05) is 24.3 Å². The van der Waals surface area contributed by atoms with E-state index in [9.17, 15) is 0 Å². The Bertz CT molecular complexity index is 745. The number of nitrogens with zero attached hydrogens (tertiary/aromatic N) is 3. The summed E-state index contributed by atoms with van der Waals surface area (Å²) in [4.78, 5) is 10.7. The smallest absolute Gasteiger partial charge is 0.137 e. The molecule has 1 heterocycles. The number of aromatic nitrogens is 2. The van der Waals surface area contributed by atoms with E-state index >= 15 is 0 Å². The summed E-state index contributed by atoms with van der Waals surface area (Å²) in [6.45, 7) is 0.850. The standard InChI is InChI=1S/C18H20N4/c1-22(2)15-9-7-14(8-10-15)11-12-19-18-16-5-3-4-6-17(16)20-13-21-18/h3-10,13H,11-12H2,1-2H3,(H,19,20,21). The van der Waals surface area contributed by atoms with E-state index in [1.54, 1.807) is 6.33 Å². The average molecular weight is 292 g/mol. The Morgan fingerprint density at radius 3 is 2.50 bits per heavy atom. The van der Waals surface area contributed by atoms with Crippen LogP contribution in [-0.2, 0) is 6.42 Å². The predicted molar refractivity (Wildman–Crippen MR) is 92.5 cm³/mol. The van der Waals surface area contributed by atoms with Gasteiger partial charge in [-0.3, -0.25) is 0 Å². The van der Waals surface area contributed by atoms with Gasteiger partial charge in [0.15, 0.2) is 0 Å². The van der Waals surface area contributed by atoms with E-state index in [0.717, 1.165) is 29.7 Å². The maximum absolute atomic E-state index is 4.35. The molecule has 0 saturated carbocycles. The van der Waals surface area contributed by atoms with E-state index in [0.29, 0.717) is 0 Å². The Morgan fingerprint density at radius 2 is 1.73 bits per heavy atom. The summed E-state index contributed by atoms with van der Waals surface area (Å²) in [5.74, 6) is 0.899. The summed E-state index contributed by atoms with van der Waals surface area (Å²) in [5.41, 5.74) is 3.50. The van der Waals surface area contributed by atoms with Gasteiger partial charge in [0.25, 0.3) is 0 Å². The molecule has 0 aliphatic carbocycles. The fourth-order valence-electron chi connectivity index (χ4n) is 2.43. The summed E-state index contributed by atoms with van der Waals surface area (Å²) in [7, 11) is 4.10. The molecule has 0 spiro atoms. The lowest BCUT2D eigenvalue weighted by atomic mass is 10.1. The molecule has 0 fully saturated rings. The van der Waals surface area contributed by atoms with E-state index in [2.05, 4.69) is 58.5 Å². The van der Waals surface area contributed by atoms with Crippen molar-refractivity contribution in [2.24, 2.45) is 0 Å².